The summed E-state index contributed by atoms with van der Waals surface area (Å²) in [4.78, 5) is 0.160. The fourth-order valence-electron chi connectivity index (χ4n) is 3.05. The molecule has 25 heavy (non-hydrogen) atoms. The van der Waals surface area contributed by atoms with Gasteiger partial charge in [-0.2, -0.15) is 4.31 Å². The maximum Gasteiger partial charge on any atom is 0.243 e. The third kappa shape index (κ3) is 3.62. The summed E-state index contributed by atoms with van der Waals surface area (Å²) in [6.07, 6.45) is 1.08. The third-order valence-electron chi connectivity index (χ3n) is 4.45. The number of hydrogen-bond acceptors (Lipinski definition) is 5. The molecule has 0 amide bonds. The lowest BCUT2D eigenvalue weighted by atomic mass is 9.95. The molecule has 1 aliphatic rings. The van der Waals surface area contributed by atoms with Gasteiger partial charge in [0, 0.05) is 31.3 Å². The molecule has 1 heterocycles. The van der Waals surface area contributed by atoms with Crippen molar-refractivity contribution in [3.63, 3.8) is 0 Å². The molecule has 0 unspecified atom stereocenters. The molecular weight excluding hydrogens is 360 g/mol. The Morgan fingerprint density at radius 2 is 1.44 bits per heavy atom. The number of sulfonamides is 1. The van der Waals surface area contributed by atoms with Crippen molar-refractivity contribution in [1.82, 2.24) is 4.31 Å². The van der Waals surface area contributed by atoms with Crippen molar-refractivity contribution in [2.75, 3.05) is 19.3 Å². The fourth-order valence-corrected chi connectivity index (χ4v) is 5.18. The number of nitrogens with zero attached hydrogens (tertiary/aromatic N) is 1. The largest absolute Gasteiger partial charge is 0.326 e. The average molecular weight is 380 g/mol. The highest BCUT2D eigenvalue weighted by molar-refractivity contribution is 7.90. The van der Waals surface area contributed by atoms with Gasteiger partial charge in [-0.3, -0.25) is 0 Å². The summed E-state index contributed by atoms with van der Waals surface area (Å²) in [5, 5.41) is 0. The first-order valence-electron chi connectivity index (χ1n) is 7.80. The van der Waals surface area contributed by atoms with E-state index in [9.17, 15) is 16.8 Å². The number of benzene rings is 2. The third-order valence-corrected chi connectivity index (χ3v) is 7.42. The van der Waals surface area contributed by atoms with E-state index in [0.29, 0.717) is 6.54 Å². The van der Waals surface area contributed by atoms with E-state index in [-0.39, 0.29) is 28.3 Å². The second kappa shape index (κ2) is 6.53. The lowest BCUT2D eigenvalue weighted by Crippen LogP contribution is -2.32. The highest BCUT2D eigenvalue weighted by Crippen LogP contribution is 2.30. The Kier molecular flexibility index (Phi) is 4.72. The Morgan fingerprint density at radius 3 is 2.00 bits per heavy atom. The molecule has 3 rings (SSSR count). The Bertz CT molecular complexity index is 955. The number of rotatable bonds is 4. The highest BCUT2D eigenvalue weighted by atomic mass is 32.2. The molecule has 2 N–H and O–H groups in total. The molecule has 2 aromatic rings. The summed E-state index contributed by atoms with van der Waals surface area (Å²) in [5.74, 6) is -0.0636. The van der Waals surface area contributed by atoms with Gasteiger partial charge in [-0.1, -0.05) is 30.3 Å². The molecule has 1 aliphatic heterocycles. The van der Waals surface area contributed by atoms with Crippen LogP contribution in [0, 0.1) is 0 Å². The van der Waals surface area contributed by atoms with Crippen LogP contribution < -0.4 is 5.73 Å². The molecule has 0 saturated carbocycles. The van der Waals surface area contributed by atoms with Gasteiger partial charge in [-0.15, -0.1) is 0 Å². The Labute approximate surface area is 148 Å². The molecule has 0 bridgehead atoms. The summed E-state index contributed by atoms with van der Waals surface area (Å²) < 4.78 is 50.1. The van der Waals surface area contributed by atoms with E-state index in [1.165, 1.54) is 28.6 Å². The van der Waals surface area contributed by atoms with Crippen molar-refractivity contribution >= 4 is 19.9 Å². The predicted molar refractivity (Wildman–Crippen MR) is 95.5 cm³/mol. The van der Waals surface area contributed by atoms with E-state index >= 15 is 0 Å². The smallest absolute Gasteiger partial charge is 0.243 e. The molecule has 0 radical (unpaired) electrons. The van der Waals surface area contributed by atoms with E-state index in [1.807, 2.05) is 30.3 Å². The van der Waals surface area contributed by atoms with Gasteiger partial charge in [0.25, 0.3) is 0 Å². The van der Waals surface area contributed by atoms with Crippen molar-refractivity contribution in [2.24, 2.45) is 5.73 Å². The topological polar surface area (TPSA) is 97.5 Å². The van der Waals surface area contributed by atoms with Crippen LogP contribution in [0.5, 0.6) is 0 Å². The minimum absolute atomic E-state index is 0.0636. The van der Waals surface area contributed by atoms with Gasteiger partial charge >= 0.3 is 0 Å². The van der Waals surface area contributed by atoms with Gasteiger partial charge in [0.2, 0.25) is 10.0 Å². The van der Waals surface area contributed by atoms with E-state index in [2.05, 4.69) is 0 Å². The Morgan fingerprint density at radius 1 is 0.880 bits per heavy atom. The maximum atomic E-state index is 12.8. The molecule has 0 aliphatic carbocycles. The van der Waals surface area contributed by atoms with Crippen LogP contribution in [0.25, 0.3) is 0 Å². The molecule has 2 aromatic carbocycles. The quantitative estimate of drug-likeness (QED) is 0.860. The van der Waals surface area contributed by atoms with Gasteiger partial charge in [0.05, 0.1) is 9.79 Å². The Hall–Kier alpha value is -1.74. The lowest BCUT2D eigenvalue weighted by Gasteiger charge is -2.17. The molecule has 6 nitrogen and oxygen atoms in total. The van der Waals surface area contributed by atoms with Crippen LogP contribution >= 0.6 is 0 Å². The standard InChI is InChI=1S/C17H20N2O4S2/c1-24(20,21)14-7-9-15(10-8-14)25(22,23)19-11-16(17(18)12-19)13-5-3-2-4-6-13/h2-10,16-17H,11-12,18H2,1H3/t16-,17+/m0/s1. The molecule has 2 atom stereocenters. The minimum atomic E-state index is -3.72. The molecule has 8 heteroatoms. The molecule has 0 spiro atoms. The zero-order valence-corrected chi connectivity index (χ0v) is 15.4. The molecular formula is C17H20N2O4S2. The second-order valence-corrected chi connectivity index (χ2v) is 10.2. The van der Waals surface area contributed by atoms with Crippen LogP contribution in [0.15, 0.2) is 64.4 Å². The summed E-state index contributed by atoms with van der Waals surface area (Å²) in [6, 6.07) is 14.6. The van der Waals surface area contributed by atoms with Gasteiger partial charge < -0.3 is 5.73 Å². The van der Waals surface area contributed by atoms with E-state index in [4.69, 9.17) is 5.73 Å². The fraction of sp³-hybridized carbons (Fsp3) is 0.294. The predicted octanol–water partition coefficient (Wildman–Crippen LogP) is 1.21. The molecule has 1 fully saturated rings. The van der Waals surface area contributed by atoms with Crippen LogP contribution in [-0.2, 0) is 19.9 Å². The highest BCUT2D eigenvalue weighted by Gasteiger charge is 2.38. The van der Waals surface area contributed by atoms with E-state index < -0.39 is 19.9 Å². The zero-order chi connectivity index (χ0) is 18.2. The first-order chi connectivity index (χ1) is 11.7. The monoisotopic (exact) mass is 380 g/mol. The van der Waals surface area contributed by atoms with E-state index in [1.54, 1.807) is 0 Å². The molecule has 134 valence electrons. The summed E-state index contributed by atoms with van der Waals surface area (Å²) >= 11 is 0. The number of nitrogens with two attached hydrogens (primary N) is 1. The summed E-state index contributed by atoms with van der Waals surface area (Å²) in [6.45, 7) is 0.539. The summed E-state index contributed by atoms with van der Waals surface area (Å²) in [7, 11) is -7.08. The number of sulfone groups is 1. The van der Waals surface area contributed by atoms with Crippen LogP contribution in [0.4, 0.5) is 0 Å². The van der Waals surface area contributed by atoms with Crippen molar-refractivity contribution in [1.29, 1.82) is 0 Å². The van der Waals surface area contributed by atoms with Crippen LogP contribution in [0.1, 0.15) is 11.5 Å². The van der Waals surface area contributed by atoms with Crippen LogP contribution in [-0.4, -0.2) is 46.5 Å². The minimum Gasteiger partial charge on any atom is -0.326 e. The van der Waals surface area contributed by atoms with Crippen molar-refractivity contribution < 1.29 is 16.8 Å². The van der Waals surface area contributed by atoms with Crippen LogP contribution in [0.2, 0.25) is 0 Å². The average Bonchev–Trinajstić information content (AvgIpc) is 2.98. The van der Waals surface area contributed by atoms with E-state index in [0.717, 1.165) is 11.8 Å². The Balaban J connectivity index is 1.86. The zero-order valence-electron chi connectivity index (χ0n) is 13.7. The SMILES string of the molecule is CS(=O)(=O)c1ccc(S(=O)(=O)N2C[C@@H](N)[C@H](c3ccccc3)C2)cc1. The molecule has 1 saturated heterocycles. The van der Waals surface area contributed by atoms with Crippen molar-refractivity contribution in [3.8, 4) is 0 Å². The first kappa shape index (κ1) is 18.1. The van der Waals surface area contributed by atoms with Crippen LogP contribution in [0.3, 0.4) is 0 Å². The number of hydrogen-bond donors (Lipinski definition) is 1. The van der Waals surface area contributed by atoms with Crippen molar-refractivity contribution in [3.05, 3.63) is 60.2 Å². The van der Waals surface area contributed by atoms with Gasteiger partial charge in [0.1, 0.15) is 0 Å². The molecule has 0 aromatic heterocycles. The summed E-state index contributed by atoms with van der Waals surface area (Å²) in [5.41, 5.74) is 7.19. The van der Waals surface area contributed by atoms with Crippen molar-refractivity contribution in [2.45, 2.75) is 21.8 Å². The van der Waals surface area contributed by atoms with Gasteiger partial charge in [-0.25, -0.2) is 16.8 Å². The maximum absolute atomic E-state index is 12.8. The van der Waals surface area contributed by atoms with Gasteiger partial charge in [0.15, 0.2) is 9.84 Å². The normalized spacial score (nSPS) is 22.2. The first-order valence-corrected chi connectivity index (χ1v) is 11.1. The lowest BCUT2D eigenvalue weighted by molar-refractivity contribution is 0.470. The second-order valence-electron chi connectivity index (χ2n) is 6.25. The van der Waals surface area contributed by atoms with Gasteiger partial charge in [-0.05, 0) is 29.8 Å².